The molecule has 2 aromatic carbocycles. The van der Waals surface area contributed by atoms with Crippen LogP contribution in [0, 0.1) is 0 Å². The van der Waals surface area contributed by atoms with Gasteiger partial charge in [0.15, 0.2) is 5.13 Å². The lowest BCUT2D eigenvalue weighted by molar-refractivity contribution is 0.0592. The summed E-state index contributed by atoms with van der Waals surface area (Å²) in [7, 11) is 0. The van der Waals surface area contributed by atoms with Crippen LogP contribution >= 0.6 is 11.3 Å². The number of nitrogens with one attached hydrogen (secondary N) is 1. The first-order valence-electron chi connectivity index (χ1n) is 7.89. The van der Waals surface area contributed by atoms with Gasteiger partial charge in [0.2, 0.25) is 0 Å². The topological polar surface area (TPSA) is 62.3 Å². The molecule has 2 heterocycles. The summed E-state index contributed by atoms with van der Waals surface area (Å²) in [6.45, 7) is 1.82. The van der Waals surface area contributed by atoms with E-state index in [9.17, 15) is 9.59 Å². The van der Waals surface area contributed by atoms with Gasteiger partial charge in [0.25, 0.3) is 11.8 Å². The van der Waals surface area contributed by atoms with E-state index in [1.54, 1.807) is 24.3 Å². The molecule has 3 aromatic rings. The van der Waals surface area contributed by atoms with Gasteiger partial charge in [-0.3, -0.25) is 14.5 Å². The second-order valence-corrected chi connectivity index (χ2v) is 6.63. The van der Waals surface area contributed by atoms with Gasteiger partial charge in [-0.2, -0.15) is 0 Å². The van der Waals surface area contributed by atoms with Crippen LogP contribution in [0.5, 0.6) is 0 Å². The molecule has 0 bridgehead atoms. The first-order valence-corrected chi connectivity index (χ1v) is 8.77. The number of carbonyl (C=O) groups excluding carboxylic acids is 2. The zero-order valence-corrected chi connectivity index (χ0v) is 14.3. The Morgan fingerprint density at radius 1 is 0.960 bits per heavy atom. The highest BCUT2D eigenvalue weighted by Gasteiger charge is 2.39. The molecule has 0 saturated heterocycles. The van der Waals surface area contributed by atoms with E-state index < -0.39 is 6.04 Å². The first-order chi connectivity index (χ1) is 12.1. The number of rotatable bonds is 4. The molecule has 2 amide bonds. The second-order valence-electron chi connectivity index (χ2n) is 5.77. The van der Waals surface area contributed by atoms with Gasteiger partial charge in [-0.05, 0) is 31.2 Å². The Bertz CT molecular complexity index is 917. The van der Waals surface area contributed by atoms with E-state index in [0.29, 0.717) is 16.8 Å². The Kier molecular flexibility index (Phi) is 3.82. The molecule has 0 spiro atoms. The highest BCUT2D eigenvalue weighted by molar-refractivity contribution is 7.13. The molecule has 25 heavy (non-hydrogen) atoms. The fourth-order valence-corrected chi connectivity index (χ4v) is 3.69. The number of hydrogen-bond acceptors (Lipinski definition) is 5. The van der Waals surface area contributed by atoms with Crippen molar-refractivity contribution < 1.29 is 9.59 Å². The Morgan fingerprint density at radius 3 is 2.20 bits per heavy atom. The average molecular weight is 349 g/mol. The molecule has 1 unspecified atom stereocenters. The molecule has 1 N–H and O–H groups in total. The molecule has 0 aliphatic carbocycles. The van der Waals surface area contributed by atoms with Gasteiger partial charge in [0.1, 0.15) is 0 Å². The fraction of sp³-hybridized carbons (Fsp3) is 0.105. The van der Waals surface area contributed by atoms with Gasteiger partial charge in [0, 0.05) is 11.1 Å². The van der Waals surface area contributed by atoms with Crippen LogP contribution in [-0.2, 0) is 0 Å². The summed E-state index contributed by atoms with van der Waals surface area (Å²) in [5, 5.41) is 5.83. The fourth-order valence-electron chi connectivity index (χ4n) is 2.87. The van der Waals surface area contributed by atoms with Crippen molar-refractivity contribution in [3.8, 4) is 0 Å². The van der Waals surface area contributed by atoms with Crippen LogP contribution in [0.4, 0.5) is 10.8 Å². The van der Waals surface area contributed by atoms with Crippen LogP contribution < -0.4 is 5.32 Å². The lowest BCUT2D eigenvalue weighted by Gasteiger charge is -2.20. The van der Waals surface area contributed by atoms with Crippen molar-refractivity contribution in [1.29, 1.82) is 0 Å². The monoisotopic (exact) mass is 349 g/mol. The zero-order valence-electron chi connectivity index (χ0n) is 13.5. The molecule has 1 aliphatic rings. The van der Waals surface area contributed by atoms with Gasteiger partial charge >= 0.3 is 0 Å². The second kappa shape index (κ2) is 6.14. The molecular weight excluding hydrogens is 334 g/mol. The molecule has 1 aromatic heterocycles. The molecule has 4 rings (SSSR count). The van der Waals surface area contributed by atoms with E-state index in [1.165, 1.54) is 16.2 Å². The van der Waals surface area contributed by atoms with E-state index in [0.717, 1.165) is 10.8 Å². The number of carbonyl (C=O) groups is 2. The highest BCUT2D eigenvalue weighted by atomic mass is 32.1. The molecule has 0 radical (unpaired) electrons. The minimum Gasteiger partial charge on any atom is -0.332 e. The SMILES string of the molecule is CC(c1csc(Nc2ccccc2)n1)N1C(=O)c2ccccc2C1=O. The minimum atomic E-state index is -0.421. The van der Waals surface area contributed by atoms with Gasteiger partial charge < -0.3 is 5.32 Å². The van der Waals surface area contributed by atoms with Crippen molar-refractivity contribution in [3.05, 3.63) is 76.8 Å². The molecule has 1 aliphatic heterocycles. The molecule has 6 heteroatoms. The van der Waals surface area contributed by atoms with E-state index in [2.05, 4.69) is 10.3 Å². The predicted molar refractivity (Wildman–Crippen MR) is 97.2 cm³/mol. The minimum absolute atomic E-state index is 0.265. The summed E-state index contributed by atoms with van der Waals surface area (Å²) < 4.78 is 0. The lowest BCUT2D eigenvalue weighted by Crippen LogP contribution is -2.32. The Hall–Kier alpha value is -2.99. The van der Waals surface area contributed by atoms with Gasteiger partial charge in [-0.1, -0.05) is 30.3 Å². The molecule has 1 atom stereocenters. The third kappa shape index (κ3) is 2.70. The third-order valence-electron chi connectivity index (χ3n) is 4.19. The third-order valence-corrected chi connectivity index (χ3v) is 4.96. The summed E-state index contributed by atoms with van der Waals surface area (Å²) in [5.41, 5.74) is 2.55. The summed E-state index contributed by atoms with van der Waals surface area (Å²) >= 11 is 1.45. The maximum Gasteiger partial charge on any atom is 0.262 e. The number of anilines is 2. The van der Waals surface area contributed by atoms with Crippen LogP contribution in [0.15, 0.2) is 60.0 Å². The largest absolute Gasteiger partial charge is 0.332 e. The number of amides is 2. The van der Waals surface area contributed by atoms with Gasteiger partial charge in [-0.15, -0.1) is 11.3 Å². The quantitative estimate of drug-likeness (QED) is 0.716. The zero-order chi connectivity index (χ0) is 17.4. The maximum atomic E-state index is 12.6. The molecule has 124 valence electrons. The number of imide groups is 1. The standard InChI is InChI=1S/C19H15N3O2S/c1-12(22-17(23)14-9-5-6-10-15(14)18(22)24)16-11-25-19(21-16)20-13-7-3-2-4-8-13/h2-12H,1H3,(H,20,21). The smallest absolute Gasteiger partial charge is 0.262 e. The number of benzene rings is 2. The number of nitrogens with zero attached hydrogens (tertiary/aromatic N) is 2. The van der Waals surface area contributed by atoms with Crippen LogP contribution in [0.3, 0.4) is 0 Å². The molecular formula is C19H15N3O2S. The van der Waals surface area contributed by atoms with Crippen molar-refractivity contribution in [3.63, 3.8) is 0 Å². The van der Waals surface area contributed by atoms with E-state index in [1.807, 2.05) is 42.6 Å². The normalized spacial score (nSPS) is 14.5. The summed E-state index contributed by atoms with van der Waals surface area (Å²) in [6.07, 6.45) is 0. The van der Waals surface area contributed by atoms with Crippen LogP contribution in [-0.4, -0.2) is 21.7 Å². The van der Waals surface area contributed by atoms with Crippen molar-refractivity contribution in [1.82, 2.24) is 9.88 Å². The number of hydrogen-bond donors (Lipinski definition) is 1. The van der Waals surface area contributed by atoms with Crippen LogP contribution in [0.25, 0.3) is 0 Å². The average Bonchev–Trinajstić information content (AvgIpc) is 3.20. The summed E-state index contributed by atoms with van der Waals surface area (Å²) in [5.74, 6) is -0.530. The predicted octanol–water partition coefficient (Wildman–Crippen LogP) is 4.24. The molecule has 5 nitrogen and oxygen atoms in total. The maximum absolute atomic E-state index is 12.6. The van der Waals surface area contributed by atoms with Crippen LogP contribution in [0.2, 0.25) is 0 Å². The lowest BCUT2D eigenvalue weighted by atomic mass is 10.1. The summed E-state index contributed by atoms with van der Waals surface area (Å²) in [4.78, 5) is 31.0. The first kappa shape index (κ1) is 15.5. The molecule has 0 saturated carbocycles. The Balaban J connectivity index is 1.57. The van der Waals surface area contributed by atoms with E-state index >= 15 is 0 Å². The van der Waals surface area contributed by atoms with Gasteiger partial charge in [-0.25, -0.2) is 4.98 Å². The molecule has 0 fully saturated rings. The van der Waals surface area contributed by atoms with Crippen molar-refractivity contribution in [2.24, 2.45) is 0 Å². The number of thiazole rings is 1. The summed E-state index contributed by atoms with van der Waals surface area (Å²) in [6, 6.07) is 16.2. The van der Waals surface area contributed by atoms with Crippen molar-refractivity contribution >= 4 is 34.0 Å². The van der Waals surface area contributed by atoms with E-state index in [-0.39, 0.29) is 11.8 Å². The van der Waals surface area contributed by atoms with Crippen molar-refractivity contribution in [2.75, 3.05) is 5.32 Å². The number of para-hydroxylation sites is 1. The number of fused-ring (bicyclic) bond motifs is 1. The Morgan fingerprint density at radius 2 is 1.56 bits per heavy atom. The highest BCUT2D eigenvalue weighted by Crippen LogP contribution is 2.32. The van der Waals surface area contributed by atoms with Gasteiger partial charge in [0.05, 0.1) is 22.9 Å². The Labute approximate surface area is 148 Å². The van der Waals surface area contributed by atoms with Crippen molar-refractivity contribution in [2.45, 2.75) is 13.0 Å². The van der Waals surface area contributed by atoms with E-state index in [4.69, 9.17) is 0 Å². The number of aromatic nitrogens is 1. The van der Waals surface area contributed by atoms with Crippen LogP contribution in [0.1, 0.15) is 39.4 Å².